The molecule has 3 aromatic rings. The summed E-state index contributed by atoms with van der Waals surface area (Å²) in [5.74, 6) is 0. The third kappa shape index (κ3) is 2.26. The number of aryl methyl sites for hydroxylation is 1. The molecule has 0 aromatic heterocycles. The predicted molar refractivity (Wildman–Crippen MR) is 115 cm³/mol. The summed E-state index contributed by atoms with van der Waals surface area (Å²) in [5, 5.41) is 0. The monoisotopic (exact) mass is 354 g/mol. The van der Waals surface area contributed by atoms with Gasteiger partial charge in [-0.3, -0.25) is 0 Å². The number of hydrogen-bond donors (Lipinski definition) is 0. The van der Waals surface area contributed by atoms with E-state index in [1.807, 2.05) is 0 Å². The quantitative estimate of drug-likeness (QED) is 0.418. The number of hydrogen-bond acceptors (Lipinski definition) is 2. The van der Waals surface area contributed by atoms with Crippen molar-refractivity contribution in [2.45, 2.75) is 46.3 Å². The highest BCUT2D eigenvalue weighted by molar-refractivity contribution is 5.99. The van der Waals surface area contributed by atoms with Crippen molar-refractivity contribution in [2.24, 2.45) is 0 Å². The van der Waals surface area contributed by atoms with Gasteiger partial charge in [0.05, 0.1) is 11.4 Å². The van der Waals surface area contributed by atoms with Gasteiger partial charge in [-0.2, -0.15) is 0 Å². The molecule has 2 nitrogen and oxygen atoms in total. The van der Waals surface area contributed by atoms with Gasteiger partial charge in [0.2, 0.25) is 0 Å². The van der Waals surface area contributed by atoms with Crippen molar-refractivity contribution in [3.63, 3.8) is 0 Å². The van der Waals surface area contributed by atoms with E-state index < -0.39 is 0 Å². The molecule has 0 saturated carbocycles. The second-order valence-electron chi connectivity index (χ2n) is 8.09. The second kappa shape index (κ2) is 5.88. The molecule has 0 fully saturated rings. The molecular formula is C25H26N2. The van der Waals surface area contributed by atoms with Crippen LogP contribution in [0.5, 0.6) is 0 Å². The van der Waals surface area contributed by atoms with E-state index in [0.29, 0.717) is 12.2 Å². The van der Waals surface area contributed by atoms with E-state index in [0.717, 1.165) is 6.42 Å². The van der Waals surface area contributed by atoms with Crippen LogP contribution in [0.4, 0.5) is 17.1 Å². The Hall–Kier alpha value is -2.74. The van der Waals surface area contributed by atoms with Crippen LogP contribution in [-0.2, 0) is 6.42 Å². The molecule has 2 aliphatic rings. The molecule has 5 rings (SSSR count). The smallest absolute Gasteiger partial charge is 0.104 e. The molecule has 0 saturated heterocycles. The zero-order valence-electron chi connectivity index (χ0n) is 16.5. The maximum atomic E-state index is 2.56. The lowest BCUT2D eigenvalue weighted by molar-refractivity contribution is 0.606. The summed E-state index contributed by atoms with van der Waals surface area (Å²) in [6.07, 6.45) is 1.33. The van der Waals surface area contributed by atoms with Crippen molar-refractivity contribution in [1.29, 1.82) is 0 Å². The van der Waals surface area contributed by atoms with Gasteiger partial charge in [-0.25, -0.2) is 0 Å². The number of benzene rings is 3. The minimum atomic E-state index is 0.292. The standard InChI is InChI=1S/C25H26N2/c1-16(2)26-18(4)27(22-12-8-5-9-17(22)3)25-23(26)14-13-20-15-19-10-6-7-11-21(19)24(20)25/h5-14,16,18H,15H2,1-4H3/t18-/m0/s1. The molecule has 0 N–H and O–H groups in total. The summed E-state index contributed by atoms with van der Waals surface area (Å²) in [7, 11) is 0. The average molecular weight is 354 g/mol. The molecule has 0 amide bonds. The SMILES string of the molecule is Cc1ccccc1N1c2c(ccc3c2-c2ccccc2C3)N(C(C)C)[C@@H]1C. The molecule has 27 heavy (non-hydrogen) atoms. The van der Waals surface area contributed by atoms with Gasteiger partial charge in [0.1, 0.15) is 6.17 Å². The summed E-state index contributed by atoms with van der Waals surface area (Å²) < 4.78 is 0. The summed E-state index contributed by atoms with van der Waals surface area (Å²) in [4.78, 5) is 5.12. The van der Waals surface area contributed by atoms with Crippen LogP contribution in [0.2, 0.25) is 0 Å². The predicted octanol–water partition coefficient (Wildman–Crippen LogP) is 6.28. The molecule has 0 radical (unpaired) electrons. The Balaban J connectivity index is 1.82. The summed E-state index contributed by atoms with van der Waals surface area (Å²) in [5.41, 5.74) is 11.1. The summed E-state index contributed by atoms with van der Waals surface area (Å²) >= 11 is 0. The third-order valence-electron chi connectivity index (χ3n) is 6.14. The highest BCUT2D eigenvalue weighted by Gasteiger charge is 2.39. The Morgan fingerprint density at radius 1 is 0.852 bits per heavy atom. The number of rotatable bonds is 2. The van der Waals surface area contributed by atoms with E-state index in [1.165, 1.54) is 44.9 Å². The van der Waals surface area contributed by atoms with E-state index in [-0.39, 0.29) is 0 Å². The van der Waals surface area contributed by atoms with Gasteiger partial charge in [-0.15, -0.1) is 0 Å². The molecule has 1 aliphatic carbocycles. The van der Waals surface area contributed by atoms with Crippen molar-refractivity contribution >= 4 is 17.1 Å². The van der Waals surface area contributed by atoms with Gasteiger partial charge < -0.3 is 9.80 Å². The van der Waals surface area contributed by atoms with E-state index in [9.17, 15) is 0 Å². The number of para-hydroxylation sites is 1. The molecule has 0 spiro atoms. The lowest BCUT2D eigenvalue weighted by Gasteiger charge is -2.33. The van der Waals surface area contributed by atoms with Crippen LogP contribution >= 0.6 is 0 Å². The molecule has 1 aliphatic heterocycles. The lowest BCUT2D eigenvalue weighted by Crippen LogP contribution is -2.42. The zero-order valence-corrected chi connectivity index (χ0v) is 16.5. The molecule has 3 aromatic carbocycles. The van der Waals surface area contributed by atoms with Gasteiger partial charge >= 0.3 is 0 Å². The van der Waals surface area contributed by atoms with Gasteiger partial charge in [0.15, 0.2) is 0 Å². The van der Waals surface area contributed by atoms with E-state index >= 15 is 0 Å². The normalized spacial score (nSPS) is 17.3. The van der Waals surface area contributed by atoms with Crippen LogP contribution in [0, 0.1) is 6.92 Å². The van der Waals surface area contributed by atoms with Crippen LogP contribution in [0.25, 0.3) is 11.1 Å². The Labute approximate surface area is 162 Å². The molecular weight excluding hydrogens is 328 g/mol. The fraction of sp³-hybridized carbons (Fsp3) is 0.280. The van der Waals surface area contributed by atoms with Crippen molar-refractivity contribution in [3.05, 3.63) is 77.4 Å². The number of nitrogens with zero attached hydrogens (tertiary/aromatic N) is 2. The maximum Gasteiger partial charge on any atom is 0.104 e. The van der Waals surface area contributed by atoms with Crippen molar-refractivity contribution in [2.75, 3.05) is 9.80 Å². The first kappa shape index (κ1) is 16.4. The van der Waals surface area contributed by atoms with Crippen molar-refractivity contribution in [3.8, 4) is 11.1 Å². The number of fused-ring (bicyclic) bond motifs is 5. The average Bonchev–Trinajstić information content (AvgIpc) is 3.16. The van der Waals surface area contributed by atoms with E-state index in [2.05, 4.69) is 98.2 Å². The first-order valence-corrected chi connectivity index (χ1v) is 9.95. The number of anilines is 3. The molecule has 0 bridgehead atoms. The van der Waals surface area contributed by atoms with Crippen LogP contribution in [0.3, 0.4) is 0 Å². The van der Waals surface area contributed by atoms with Crippen LogP contribution in [0.1, 0.15) is 37.5 Å². The maximum absolute atomic E-state index is 2.56. The molecule has 1 atom stereocenters. The summed E-state index contributed by atoms with van der Waals surface area (Å²) in [6, 6.07) is 22.8. The Kier molecular flexibility index (Phi) is 3.58. The van der Waals surface area contributed by atoms with E-state index in [4.69, 9.17) is 0 Å². The second-order valence-corrected chi connectivity index (χ2v) is 8.09. The van der Waals surface area contributed by atoms with E-state index in [1.54, 1.807) is 0 Å². The highest BCUT2D eigenvalue weighted by atomic mass is 15.4. The Bertz CT molecular complexity index is 1030. The Morgan fingerprint density at radius 3 is 2.37 bits per heavy atom. The molecule has 1 heterocycles. The first-order valence-electron chi connectivity index (χ1n) is 9.95. The fourth-order valence-corrected chi connectivity index (χ4v) is 5.02. The molecule has 2 heteroatoms. The van der Waals surface area contributed by atoms with Gasteiger partial charge in [-0.05, 0) is 68.5 Å². The largest absolute Gasteiger partial charge is 0.347 e. The first-order chi connectivity index (χ1) is 13.1. The van der Waals surface area contributed by atoms with Gasteiger partial charge in [0.25, 0.3) is 0 Å². The lowest BCUT2D eigenvalue weighted by atomic mass is 10.0. The Morgan fingerprint density at radius 2 is 1.59 bits per heavy atom. The van der Waals surface area contributed by atoms with Gasteiger partial charge in [0, 0.05) is 17.3 Å². The topological polar surface area (TPSA) is 6.48 Å². The van der Waals surface area contributed by atoms with Crippen molar-refractivity contribution in [1.82, 2.24) is 0 Å². The minimum Gasteiger partial charge on any atom is -0.347 e. The van der Waals surface area contributed by atoms with Crippen LogP contribution in [-0.4, -0.2) is 12.2 Å². The van der Waals surface area contributed by atoms with Gasteiger partial charge in [-0.1, -0.05) is 48.5 Å². The minimum absolute atomic E-state index is 0.292. The molecule has 0 unspecified atom stereocenters. The highest BCUT2D eigenvalue weighted by Crippen LogP contribution is 2.54. The summed E-state index contributed by atoms with van der Waals surface area (Å²) in [6.45, 7) is 9.14. The van der Waals surface area contributed by atoms with Crippen molar-refractivity contribution < 1.29 is 0 Å². The fourth-order valence-electron chi connectivity index (χ4n) is 5.02. The third-order valence-corrected chi connectivity index (χ3v) is 6.14. The van der Waals surface area contributed by atoms with Crippen LogP contribution < -0.4 is 9.80 Å². The van der Waals surface area contributed by atoms with Crippen LogP contribution in [0.15, 0.2) is 60.7 Å². The molecule has 136 valence electrons. The zero-order chi connectivity index (χ0) is 18.7.